The van der Waals surface area contributed by atoms with Gasteiger partial charge in [0.2, 0.25) is 0 Å². The monoisotopic (exact) mass is 385 g/mol. The number of nitrogens with one attached hydrogen (secondary N) is 1. The number of hydrogen-bond donors (Lipinski definition) is 2. The highest BCUT2D eigenvalue weighted by Crippen LogP contribution is 2.28. The fourth-order valence-corrected chi connectivity index (χ4v) is 3.56. The van der Waals surface area contributed by atoms with Gasteiger partial charge in [0, 0.05) is 19.2 Å². The predicted octanol–water partition coefficient (Wildman–Crippen LogP) is 3.13. The number of benzene rings is 1. The summed E-state index contributed by atoms with van der Waals surface area (Å²) in [5.74, 6) is -1.30. The van der Waals surface area contributed by atoms with E-state index >= 15 is 0 Å². The average Bonchev–Trinajstić information content (AvgIpc) is 2.71. The predicted molar refractivity (Wildman–Crippen MR) is 103 cm³/mol. The number of amidine groups is 1. The number of allylic oxidation sites excluding steroid dienone is 1. The quantitative estimate of drug-likeness (QED) is 0.617. The molecule has 2 N–H and O–H groups in total. The SMILES string of the molecule is C/N=C1\C(=C/C2CCCCC2)C=C(C(=O)NCc2ccc(F)cc2)C(=O)N1O. The zero-order chi connectivity index (χ0) is 20.1. The summed E-state index contributed by atoms with van der Waals surface area (Å²) in [4.78, 5) is 29.0. The smallest absolute Gasteiger partial charge is 0.289 e. The molecule has 1 saturated carbocycles. The molecule has 2 aliphatic rings. The number of rotatable bonds is 4. The van der Waals surface area contributed by atoms with Crippen LogP contribution in [0.5, 0.6) is 0 Å². The highest BCUT2D eigenvalue weighted by atomic mass is 19.1. The Hall–Kier alpha value is -2.80. The molecule has 0 saturated heterocycles. The fraction of sp³-hybridized carbons (Fsp3) is 0.381. The lowest BCUT2D eigenvalue weighted by Crippen LogP contribution is -2.43. The Bertz CT molecular complexity index is 837. The molecule has 1 aromatic rings. The Morgan fingerprint density at radius 1 is 1.29 bits per heavy atom. The Morgan fingerprint density at radius 2 is 1.96 bits per heavy atom. The van der Waals surface area contributed by atoms with Crippen molar-refractivity contribution >= 4 is 17.6 Å². The molecule has 0 unspecified atom stereocenters. The van der Waals surface area contributed by atoms with Gasteiger partial charge in [0.1, 0.15) is 11.4 Å². The van der Waals surface area contributed by atoms with Crippen LogP contribution >= 0.6 is 0 Å². The average molecular weight is 385 g/mol. The summed E-state index contributed by atoms with van der Waals surface area (Å²) in [6.07, 6.45) is 9.06. The van der Waals surface area contributed by atoms with Crippen LogP contribution < -0.4 is 5.32 Å². The summed E-state index contributed by atoms with van der Waals surface area (Å²) < 4.78 is 13.0. The fourth-order valence-electron chi connectivity index (χ4n) is 3.56. The van der Waals surface area contributed by atoms with Crippen molar-refractivity contribution in [3.63, 3.8) is 0 Å². The maximum Gasteiger partial charge on any atom is 0.289 e. The lowest BCUT2D eigenvalue weighted by Gasteiger charge is -2.26. The van der Waals surface area contributed by atoms with Gasteiger partial charge in [0.05, 0.1) is 0 Å². The van der Waals surface area contributed by atoms with E-state index < -0.39 is 11.8 Å². The largest absolute Gasteiger partial charge is 0.348 e. The first-order chi connectivity index (χ1) is 13.5. The molecular weight excluding hydrogens is 361 g/mol. The van der Waals surface area contributed by atoms with Gasteiger partial charge in [-0.2, -0.15) is 5.06 Å². The van der Waals surface area contributed by atoms with Gasteiger partial charge >= 0.3 is 0 Å². The molecule has 148 valence electrons. The van der Waals surface area contributed by atoms with Crippen LogP contribution in [-0.2, 0) is 16.1 Å². The molecule has 28 heavy (non-hydrogen) atoms. The zero-order valence-electron chi connectivity index (χ0n) is 15.8. The van der Waals surface area contributed by atoms with Crippen LogP contribution in [0.15, 0.2) is 52.6 Å². The summed E-state index contributed by atoms with van der Waals surface area (Å²) in [7, 11) is 1.49. The van der Waals surface area contributed by atoms with Crippen molar-refractivity contribution in [1.29, 1.82) is 0 Å². The van der Waals surface area contributed by atoms with Gasteiger partial charge in [0.25, 0.3) is 11.8 Å². The van der Waals surface area contributed by atoms with Crippen molar-refractivity contribution < 1.29 is 19.2 Å². The molecular formula is C21H24FN3O3. The van der Waals surface area contributed by atoms with Gasteiger partial charge in [-0.25, -0.2) is 4.39 Å². The maximum atomic E-state index is 13.0. The van der Waals surface area contributed by atoms with E-state index in [2.05, 4.69) is 10.3 Å². The second-order valence-corrected chi connectivity index (χ2v) is 7.05. The van der Waals surface area contributed by atoms with Gasteiger partial charge in [-0.1, -0.05) is 37.5 Å². The normalized spacial score (nSPS) is 21.2. The number of hydroxylamine groups is 2. The molecule has 0 atom stereocenters. The molecule has 0 spiro atoms. The number of amides is 2. The summed E-state index contributed by atoms with van der Waals surface area (Å²) in [5, 5.41) is 13.3. The molecule has 3 rings (SSSR count). The van der Waals surface area contributed by atoms with Gasteiger partial charge in [-0.15, -0.1) is 0 Å². The molecule has 6 nitrogen and oxygen atoms in total. The Kier molecular flexibility index (Phi) is 6.36. The van der Waals surface area contributed by atoms with E-state index in [-0.39, 0.29) is 23.8 Å². The molecule has 0 aromatic heterocycles. The molecule has 1 aliphatic carbocycles. The number of nitrogens with zero attached hydrogens (tertiary/aromatic N) is 2. The number of hydrogen-bond acceptors (Lipinski definition) is 4. The summed E-state index contributed by atoms with van der Waals surface area (Å²) in [5.41, 5.74) is 1.12. The lowest BCUT2D eigenvalue weighted by atomic mass is 9.87. The van der Waals surface area contributed by atoms with E-state index in [1.165, 1.54) is 31.7 Å². The lowest BCUT2D eigenvalue weighted by molar-refractivity contribution is -0.146. The van der Waals surface area contributed by atoms with E-state index in [0.29, 0.717) is 22.1 Å². The minimum absolute atomic E-state index is 0.144. The van der Waals surface area contributed by atoms with Crippen LogP contribution in [0.3, 0.4) is 0 Å². The van der Waals surface area contributed by atoms with Crippen LogP contribution in [0.25, 0.3) is 0 Å². The number of carbonyl (C=O) groups excluding carboxylic acids is 2. The molecule has 1 aromatic carbocycles. The van der Waals surface area contributed by atoms with Gasteiger partial charge in [0.15, 0.2) is 5.84 Å². The van der Waals surface area contributed by atoms with Crippen LogP contribution in [0.4, 0.5) is 4.39 Å². The van der Waals surface area contributed by atoms with Crippen molar-refractivity contribution in [2.45, 2.75) is 38.6 Å². The topological polar surface area (TPSA) is 82.0 Å². The van der Waals surface area contributed by atoms with Crippen molar-refractivity contribution in [2.24, 2.45) is 10.9 Å². The highest BCUT2D eigenvalue weighted by molar-refractivity contribution is 6.27. The van der Waals surface area contributed by atoms with Crippen LogP contribution in [0.2, 0.25) is 0 Å². The Morgan fingerprint density at radius 3 is 2.61 bits per heavy atom. The van der Waals surface area contributed by atoms with Gasteiger partial charge < -0.3 is 5.32 Å². The van der Waals surface area contributed by atoms with E-state index in [1.807, 2.05) is 6.08 Å². The number of aliphatic imine (C=N–C) groups is 1. The summed E-state index contributed by atoms with van der Waals surface area (Å²) in [6, 6.07) is 5.72. The third-order valence-electron chi connectivity index (χ3n) is 5.07. The molecule has 1 fully saturated rings. The van der Waals surface area contributed by atoms with E-state index in [0.717, 1.165) is 25.7 Å². The van der Waals surface area contributed by atoms with Crippen molar-refractivity contribution in [2.75, 3.05) is 7.05 Å². The van der Waals surface area contributed by atoms with Gasteiger partial charge in [-0.05, 0) is 42.5 Å². The summed E-state index contributed by atoms with van der Waals surface area (Å²) in [6.45, 7) is 0.144. The van der Waals surface area contributed by atoms with Crippen LogP contribution in [0.1, 0.15) is 37.7 Å². The van der Waals surface area contributed by atoms with Crippen LogP contribution in [-0.4, -0.2) is 35.0 Å². The number of carbonyl (C=O) groups is 2. The molecule has 0 radical (unpaired) electrons. The van der Waals surface area contributed by atoms with Crippen molar-refractivity contribution in [1.82, 2.24) is 10.4 Å². The van der Waals surface area contributed by atoms with E-state index in [4.69, 9.17) is 0 Å². The first-order valence-corrected chi connectivity index (χ1v) is 9.46. The van der Waals surface area contributed by atoms with Crippen molar-refractivity contribution in [3.8, 4) is 0 Å². The second kappa shape index (κ2) is 8.93. The van der Waals surface area contributed by atoms with Gasteiger partial charge in [-0.3, -0.25) is 19.8 Å². The van der Waals surface area contributed by atoms with Crippen molar-refractivity contribution in [3.05, 3.63) is 58.9 Å². The maximum absolute atomic E-state index is 13.0. The highest BCUT2D eigenvalue weighted by Gasteiger charge is 2.33. The number of halogens is 1. The third-order valence-corrected chi connectivity index (χ3v) is 5.07. The Labute approximate surface area is 163 Å². The molecule has 7 heteroatoms. The van der Waals surface area contributed by atoms with Crippen LogP contribution in [0, 0.1) is 11.7 Å². The minimum Gasteiger partial charge on any atom is -0.348 e. The van der Waals surface area contributed by atoms with E-state index in [1.54, 1.807) is 12.1 Å². The zero-order valence-corrected chi connectivity index (χ0v) is 15.8. The molecule has 1 heterocycles. The molecule has 2 amide bonds. The third kappa shape index (κ3) is 4.54. The minimum atomic E-state index is -0.821. The summed E-state index contributed by atoms with van der Waals surface area (Å²) >= 11 is 0. The molecule has 1 aliphatic heterocycles. The standard InChI is InChI=1S/C21H24FN3O3/c1-23-19-16(11-14-5-3-2-4-6-14)12-18(21(27)25(19)28)20(26)24-13-15-7-9-17(22)10-8-15/h7-12,14,28H,2-6,13H2,1H3,(H,24,26)/b16-11-,23-19+. The molecule has 0 bridgehead atoms. The van der Waals surface area contributed by atoms with E-state index in [9.17, 15) is 19.2 Å². The first kappa shape index (κ1) is 19.9. The first-order valence-electron chi connectivity index (χ1n) is 9.46. The second-order valence-electron chi connectivity index (χ2n) is 7.05. The Balaban J connectivity index is 1.80.